The minimum atomic E-state index is -0.914. The van der Waals surface area contributed by atoms with Crippen LogP contribution < -0.4 is 10.6 Å². The van der Waals surface area contributed by atoms with Crippen molar-refractivity contribution in [2.45, 2.75) is 25.0 Å². The van der Waals surface area contributed by atoms with Crippen molar-refractivity contribution in [3.05, 3.63) is 35.9 Å². The van der Waals surface area contributed by atoms with Crippen LogP contribution in [0.3, 0.4) is 0 Å². The molecule has 0 aliphatic rings. The third kappa shape index (κ3) is 7.32. The number of ether oxygens (including phenoxy) is 3. The van der Waals surface area contributed by atoms with Crippen molar-refractivity contribution in [1.82, 2.24) is 10.6 Å². The zero-order valence-corrected chi connectivity index (χ0v) is 14.6. The van der Waals surface area contributed by atoms with Crippen molar-refractivity contribution in [1.29, 1.82) is 0 Å². The van der Waals surface area contributed by atoms with Gasteiger partial charge in [0.25, 0.3) is 0 Å². The van der Waals surface area contributed by atoms with Gasteiger partial charge in [0.15, 0.2) is 0 Å². The number of benzene rings is 1. The smallest absolute Gasteiger partial charge is 0.324 e. The van der Waals surface area contributed by atoms with Gasteiger partial charge in [-0.25, -0.2) is 0 Å². The third-order valence-electron chi connectivity index (χ3n) is 3.53. The molecule has 0 unspecified atom stereocenters. The summed E-state index contributed by atoms with van der Waals surface area (Å²) in [6.45, 7) is 0.526. The van der Waals surface area contributed by atoms with Gasteiger partial charge in [-0.2, -0.15) is 0 Å². The highest BCUT2D eigenvalue weighted by atomic mass is 16.5. The minimum Gasteiger partial charge on any atom is -0.469 e. The zero-order chi connectivity index (χ0) is 18.7. The Kier molecular flexibility index (Phi) is 9.20. The van der Waals surface area contributed by atoms with Crippen LogP contribution in [-0.2, 0) is 35.1 Å². The highest BCUT2D eigenvalue weighted by Crippen LogP contribution is 2.01. The molecule has 1 rings (SSSR count). The zero-order valence-electron chi connectivity index (χ0n) is 14.6. The topological polar surface area (TPSA) is 103 Å². The summed E-state index contributed by atoms with van der Waals surface area (Å²) in [5.41, 5.74) is 0.996. The second-order valence-electron chi connectivity index (χ2n) is 5.21. The minimum absolute atomic E-state index is 0.0796. The summed E-state index contributed by atoms with van der Waals surface area (Å²) >= 11 is 0. The van der Waals surface area contributed by atoms with Gasteiger partial charge >= 0.3 is 17.9 Å². The van der Waals surface area contributed by atoms with Crippen LogP contribution in [0.2, 0.25) is 0 Å². The molecule has 1 aromatic carbocycles. The first-order valence-electron chi connectivity index (χ1n) is 7.75. The average molecular weight is 352 g/mol. The summed E-state index contributed by atoms with van der Waals surface area (Å²) in [7, 11) is 3.74. The Morgan fingerprint density at radius 2 is 1.48 bits per heavy atom. The molecule has 2 N–H and O–H groups in total. The summed E-state index contributed by atoms with van der Waals surface area (Å²) < 4.78 is 14.0. The molecule has 138 valence electrons. The van der Waals surface area contributed by atoms with E-state index >= 15 is 0 Å². The standard InChI is InChI=1S/C17H24N2O6/c1-23-15(20)9-13(16(21)24-2)19-11-14(17(22)25-3)18-10-12-7-5-4-6-8-12/h4-8,13-14,18-19H,9-11H2,1-3H3/t13-,14+/m0/s1. The molecule has 0 bridgehead atoms. The van der Waals surface area contributed by atoms with E-state index in [4.69, 9.17) is 4.74 Å². The molecule has 0 aliphatic heterocycles. The third-order valence-corrected chi connectivity index (χ3v) is 3.53. The highest BCUT2D eigenvalue weighted by molar-refractivity contribution is 5.82. The van der Waals surface area contributed by atoms with E-state index in [0.717, 1.165) is 5.56 Å². The van der Waals surface area contributed by atoms with Gasteiger partial charge in [0, 0.05) is 13.1 Å². The van der Waals surface area contributed by atoms with Crippen molar-refractivity contribution >= 4 is 17.9 Å². The second-order valence-corrected chi connectivity index (χ2v) is 5.21. The molecule has 0 spiro atoms. The average Bonchev–Trinajstić information content (AvgIpc) is 2.66. The van der Waals surface area contributed by atoms with Gasteiger partial charge < -0.3 is 19.5 Å². The normalized spacial score (nSPS) is 12.8. The van der Waals surface area contributed by atoms with Crippen molar-refractivity contribution in [3.63, 3.8) is 0 Å². The summed E-state index contributed by atoms with van der Waals surface area (Å²) in [5.74, 6) is -1.66. The first-order valence-corrected chi connectivity index (χ1v) is 7.75. The highest BCUT2D eigenvalue weighted by Gasteiger charge is 2.26. The van der Waals surface area contributed by atoms with Crippen LogP contribution in [0.15, 0.2) is 30.3 Å². The van der Waals surface area contributed by atoms with E-state index in [0.29, 0.717) is 6.54 Å². The molecular formula is C17H24N2O6. The van der Waals surface area contributed by atoms with Gasteiger partial charge in [-0.3, -0.25) is 19.7 Å². The van der Waals surface area contributed by atoms with E-state index in [1.807, 2.05) is 30.3 Å². The molecule has 0 radical (unpaired) electrons. The predicted molar refractivity (Wildman–Crippen MR) is 89.5 cm³/mol. The SMILES string of the molecule is COC(=O)C[C@H](NC[C@@H](NCc1ccccc1)C(=O)OC)C(=O)OC. The molecule has 0 saturated carbocycles. The Labute approximate surface area is 146 Å². The predicted octanol–water partition coefficient (Wildman–Crippen LogP) is 0.0121. The van der Waals surface area contributed by atoms with E-state index in [1.165, 1.54) is 21.3 Å². The molecule has 0 saturated heterocycles. The lowest BCUT2D eigenvalue weighted by Crippen LogP contribution is -2.50. The maximum Gasteiger partial charge on any atom is 0.324 e. The molecule has 2 atom stereocenters. The van der Waals surface area contributed by atoms with E-state index in [2.05, 4.69) is 20.1 Å². The van der Waals surface area contributed by atoms with Gasteiger partial charge in [-0.1, -0.05) is 30.3 Å². The Morgan fingerprint density at radius 1 is 0.880 bits per heavy atom. The summed E-state index contributed by atoms with van der Waals surface area (Å²) in [6, 6.07) is 7.92. The number of hydrogen-bond acceptors (Lipinski definition) is 8. The van der Waals surface area contributed by atoms with Crippen LogP contribution in [-0.4, -0.2) is 57.9 Å². The molecule has 1 aromatic rings. The molecule has 0 fully saturated rings. The lowest BCUT2D eigenvalue weighted by molar-refractivity contribution is -0.150. The van der Waals surface area contributed by atoms with Gasteiger partial charge in [0.2, 0.25) is 0 Å². The van der Waals surface area contributed by atoms with Crippen LogP contribution in [0.4, 0.5) is 0 Å². The maximum absolute atomic E-state index is 11.9. The number of methoxy groups -OCH3 is 3. The summed E-state index contributed by atoms with van der Waals surface area (Å²) in [6.07, 6.45) is -0.199. The fourth-order valence-electron chi connectivity index (χ4n) is 2.11. The number of esters is 3. The fraction of sp³-hybridized carbons (Fsp3) is 0.471. The van der Waals surface area contributed by atoms with Crippen molar-refractivity contribution in [2.75, 3.05) is 27.9 Å². The second kappa shape index (κ2) is 11.2. The lowest BCUT2D eigenvalue weighted by Gasteiger charge is -2.21. The monoisotopic (exact) mass is 352 g/mol. The van der Waals surface area contributed by atoms with Gasteiger partial charge in [0.1, 0.15) is 12.1 Å². The number of rotatable bonds is 10. The Bertz CT molecular complexity index is 564. The summed E-state index contributed by atoms with van der Waals surface area (Å²) in [4.78, 5) is 35.1. The molecule has 0 heterocycles. The van der Waals surface area contributed by atoms with Crippen LogP contribution in [0.25, 0.3) is 0 Å². The van der Waals surface area contributed by atoms with Crippen molar-refractivity contribution in [2.24, 2.45) is 0 Å². The number of carbonyl (C=O) groups excluding carboxylic acids is 3. The molecule has 0 amide bonds. The van der Waals surface area contributed by atoms with Crippen LogP contribution >= 0.6 is 0 Å². The molecular weight excluding hydrogens is 328 g/mol. The Morgan fingerprint density at radius 3 is 2.04 bits per heavy atom. The van der Waals surface area contributed by atoms with Gasteiger partial charge in [-0.05, 0) is 5.56 Å². The molecule has 8 heteroatoms. The van der Waals surface area contributed by atoms with Crippen molar-refractivity contribution in [3.8, 4) is 0 Å². The largest absolute Gasteiger partial charge is 0.469 e. The lowest BCUT2D eigenvalue weighted by atomic mass is 10.1. The number of hydrogen-bond donors (Lipinski definition) is 2. The Hall–Kier alpha value is -2.45. The number of carbonyl (C=O) groups is 3. The summed E-state index contributed by atoms with van der Waals surface area (Å²) in [5, 5.41) is 5.91. The maximum atomic E-state index is 11.9. The van der Waals surface area contributed by atoms with Crippen LogP contribution in [0, 0.1) is 0 Å². The van der Waals surface area contributed by atoms with E-state index < -0.39 is 30.0 Å². The number of nitrogens with one attached hydrogen (secondary N) is 2. The van der Waals surface area contributed by atoms with E-state index in [1.54, 1.807) is 0 Å². The quantitative estimate of drug-likeness (QED) is 0.448. The first-order chi connectivity index (χ1) is 12.0. The molecule has 0 aromatic heterocycles. The van der Waals surface area contributed by atoms with E-state index in [-0.39, 0.29) is 13.0 Å². The van der Waals surface area contributed by atoms with Crippen molar-refractivity contribution < 1.29 is 28.6 Å². The fourth-order valence-corrected chi connectivity index (χ4v) is 2.11. The molecule has 25 heavy (non-hydrogen) atoms. The van der Waals surface area contributed by atoms with Gasteiger partial charge in [0.05, 0.1) is 27.8 Å². The van der Waals surface area contributed by atoms with Crippen LogP contribution in [0.1, 0.15) is 12.0 Å². The van der Waals surface area contributed by atoms with E-state index in [9.17, 15) is 14.4 Å². The Balaban J connectivity index is 2.67. The molecule has 8 nitrogen and oxygen atoms in total. The molecule has 0 aliphatic carbocycles. The van der Waals surface area contributed by atoms with Gasteiger partial charge in [-0.15, -0.1) is 0 Å². The first kappa shape index (κ1) is 20.6. The van der Waals surface area contributed by atoms with Crippen LogP contribution in [0.5, 0.6) is 0 Å².